The maximum Gasteiger partial charge on any atom is 0.285 e. The van der Waals surface area contributed by atoms with Crippen LogP contribution in [0.25, 0.3) is 0 Å². The summed E-state index contributed by atoms with van der Waals surface area (Å²) in [6.07, 6.45) is 3.31. The van der Waals surface area contributed by atoms with E-state index in [1.54, 1.807) is 24.0 Å². The number of aryl methyl sites for hydroxylation is 1. The first-order valence-electron chi connectivity index (χ1n) is 8.31. The average Bonchev–Trinajstić information content (AvgIpc) is 3.37. The van der Waals surface area contributed by atoms with Crippen LogP contribution in [0.2, 0.25) is 0 Å². The molecule has 1 aliphatic carbocycles. The summed E-state index contributed by atoms with van der Waals surface area (Å²) in [7, 11) is 0. The molecule has 1 aromatic rings. The summed E-state index contributed by atoms with van der Waals surface area (Å²) in [5.74, 6) is -0.320. The molecule has 1 N–H and O–H groups in total. The number of nitrogens with one attached hydrogen (secondary N) is 1. The fourth-order valence-corrected chi connectivity index (χ4v) is 3.14. The number of amides is 2. The number of carbonyl (C=O) groups excluding carboxylic acids is 2. The second kappa shape index (κ2) is 6.59. The maximum atomic E-state index is 12.7. The van der Waals surface area contributed by atoms with Crippen molar-refractivity contribution in [2.75, 3.05) is 13.1 Å². The summed E-state index contributed by atoms with van der Waals surface area (Å²) in [5.41, 5.74) is 0.474. The molecule has 3 rings (SSSR count). The first-order chi connectivity index (χ1) is 11.5. The number of benzene rings is 1. The predicted octanol–water partition coefficient (Wildman–Crippen LogP) is 2.03. The van der Waals surface area contributed by atoms with Crippen LogP contribution in [0.5, 0.6) is 0 Å². The van der Waals surface area contributed by atoms with E-state index in [9.17, 15) is 19.7 Å². The lowest BCUT2D eigenvalue weighted by atomic mass is 9.95. The van der Waals surface area contributed by atoms with Gasteiger partial charge in [0.05, 0.1) is 4.92 Å². The third-order valence-corrected chi connectivity index (χ3v) is 4.73. The van der Waals surface area contributed by atoms with Crippen LogP contribution >= 0.6 is 0 Å². The summed E-state index contributed by atoms with van der Waals surface area (Å²) >= 11 is 0. The first kappa shape index (κ1) is 16.4. The third-order valence-electron chi connectivity index (χ3n) is 4.73. The highest BCUT2D eigenvalue weighted by atomic mass is 16.6. The normalized spacial score (nSPS) is 18.3. The summed E-state index contributed by atoms with van der Waals surface area (Å²) in [6.45, 7) is 2.53. The molecule has 1 saturated carbocycles. The number of para-hydroxylation sites is 1. The number of hydrogen-bond acceptors (Lipinski definition) is 4. The molecule has 0 bridgehead atoms. The standard InChI is InChI=1S/C17H21N3O4/c1-11-3-2-4-14(15(11)20(23)24)17(22)19-9-7-12(8-10-19)16(21)18-13-5-6-13/h2-4,12-13H,5-10H2,1H3,(H,18,21). The molecule has 0 atom stereocenters. The van der Waals surface area contributed by atoms with Gasteiger partial charge >= 0.3 is 0 Å². The minimum Gasteiger partial charge on any atom is -0.353 e. The van der Waals surface area contributed by atoms with Gasteiger partial charge in [0.1, 0.15) is 5.56 Å². The Bertz CT molecular complexity index is 676. The molecule has 7 nitrogen and oxygen atoms in total. The molecule has 0 spiro atoms. The molecule has 0 aromatic heterocycles. The second-order valence-corrected chi connectivity index (χ2v) is 6.58. The number of hydrogen-bond donors (Lipinski definition) is 1. The van der Waals surface area contributed by atoms with Crippen molar-refractivity contribution in [1.29, 1.82) is 0 Å². The lowest BCUT2D eigenvalue weighted by Gasteiger charge is -2.31. The quantitative estimate of drug-likeness (QED) is 0.675. The SMILES string of the molecule is Cc1cccc(C(=O)N2CCC(C(=O)NC3CC3)CC2)c1[N+](=O)[O-]. The van der Waals surface area contributed by atoms with E-state index >= 15 is 0 Å². The Hall–Kier alpha value is -2.44. The monoisotopic (exact) mass is 331 g/mol. The van der Waals surface area contributed by atoms with E-state index in [0.717, 1.165) is 12.8 Å². The highest BCUT2D eigenvalue weighted by Crippen LogP contribution is 2.27. The molecule has 1 saturated heterocycles. The maximum absolute atomic E-state index is 12.7. The smallest absolute Gasteiger partial charge is 0.285 e. The summed E-state index contributed by atoms with van der Waals surface area (Å²) in [5, 5.41) is 14.3. The van der Waals surface area contributed by atoms with Crippen LogP contribution in [0, 0.1) is 23.0 Å². The van der Waals surface area contributed by atoms with E-state index in [1.807, 2.05) is 0 Å². The Kier molecular flexibility index (Phi) is 4.51. The molecule has 128 valence electrons. The van der Waals surface area contributed by atoms with Gasteiger partial charge in [0.15, 0.2) is 0 Å². The van der Waals surface area contributed by atoms with E-state index in [-0.39, 0.29) is 29.0 Å². The molecule has 7 heteroatoms. The Labute approximate surface area is 140 Å². The molecule has 1 aromatic carbocycles. The zero-order chi connectivity index (χ0) is 17.3. The molecule has 1 aliphatic heterocycles. The summed E-state index contributed by atoms with van der Waals surface area (Å²) < 4.78 is 0. The third kappa shape index (κ3) is 3.39. The predicted molar refractivity (Wildman–Crippen MR) is 87.6 cm³/mol. The minimum atomic E-state index is -0.502. The van der Waals surface area contributed by atoms with Crippen molar-refractivity contribution in [2.24, 2.45) is 5.92 Å². The summed E-state index contributed by atoms with van der Waals surface area (Å²) in [6, 6.07) is 5.13. The van der Waals surface area contributed by atoms with Crippen molar-refractivity contribution in [1.82, 2.24) is 10.2 Å². The number of nitro groups is 1. The van der Waals surface area contributed by atoms with Crippen LogP contribution in [0.15, 0.2) is 18.2 Å². The van der Waals surface area contributed by atoms with Crippen LogP contribution in [0.4, 0.5) is 5.69 Å². The van der Waals surface area contributed by atoms with Crippen molar-refractivity contribution >= 4 is 17.5 Å². The molecular weight excluding hydrogens is 310 g/mol. The minimum absolute atomic E-state index is 0.0675. The number of likely N-dealkylation sites (tertiary alicyclic amines) is 1. The van der Waals surface area contributed by atoms with Gasteiger partial charge in [0.2, 0.25) is 5.91 Å². The van der Waals surface area contributed by atoms with Gasteiger partial charge in [0.25, 0.3) is 11.6 Å². The fraction of sp³-hybridized carbons (Fsp3) is 0.529. The molecular formula is C17H21N3O4. The van der Waals surface area contributed by atoms with Crippen molar-refractivity contribution in [3.05, 3.63) is 39.4 Å². The second-order valence-electron chi connectivity index (χ2n) is 6.58. The molecule has 0 unspecified atom stereocenters. The number of nitrogens with zero attached hydrogens (tertiary/aromatic N) is 2. The van der Waals surface area contributed by atoms with Crippen LogP contribution in [0.1, 0.15) is 41.6 Å². The van der Waals surface area contributed by atoms with Crippen LogP contribution < -0.4 is 5.32 Å². The van der Waals surface area contributed by atoms with E-state index < -0.39 is 4.92 Å². The number of rotatable bonds is 4. The topological polar surface area (TPSA) is 92.6 Å². The molecule has 1 heterocycles. The lowest BCUT2D eigenvalue weighted by Crippen LogP contribution is -2.43. The number of piperidine rings is 1. The van der Waals surface area contributed by atoms with Gasteiger partial charge in [-0.15, -0.1) is 0 Å². The van der Waals surface area contributed by atoms with Gasteiger partial charge in [-0.1, -0.05) is 12.1 Å². The molecule has 24 heavy (non-hydrogen) atoms. The van der Waals surface area contributed by atoms with E-state index in [0.29, 0.717) is 37.5 Å². The van der Waals surface area contributed by atoms with Gasteiger partial charge in [-0.05, 0) is 38.7 Å². The van der Waals surface area contributed by atoms with Crippen molar-refractivity contribution in [3.63, 3.8) is 0 Å². The average molecular weight is 331 g/mol. The van der Waals surface area contributed by atoms with Crippen molar-refractivity contribution in [2.45, 2.75) is 38.6 Å². The highest BCUT2D eigenvalue weighted by molar-refractivity contribution is 5.98. The van der Waals surface area contributed by atoms with E-state index in [4.69, 9.17) is 0 Å². The van der Waals surface area contributed by atoms with Crippen molar-refractivity contribution in [3.8, 4) is 0 Å². The van der Waals surface area contributed by atoms with Gasteiger partial charge in [0, 0.05) is 30.6 Å². The zero-order valence-electron chi connectivity index (χ0n) is 13.7. The molecule has 2 fully saturated rings. The van der Waals surface area contributed by atoms with E-state index in [2.05, 4.69) is 5.32 Å². The number of carbonyl (C=O) groups is 2. The largest absolute Gasteiger partial charge is 0.353 e. The van der Waals surface area contributed by atoms with Gasteiger partial charge in [-0.2, -0.15) is 0 Å². The molecule has 0 radical (unpaired) electrons. The fourth-order valence-electron chi connectivity index (χ4n) is 3.14. The Morgan fingerprint density at radius 3 is 2.46 bits per heavy atom. The van der Waals surface area contributed by atoms with Crippen molar-refractivity contribution < 1.29 is 14.5 Å². The van der Waals surface area contributed by atoms with E-state index in [1.165, 1.54) is 6.07 Å². The zero-order valence-corrected chi connectivity index (χ0v) is 13.7. The summed E-state index contributed by atoms with van der Waals surface area (Å²) in [4.78, 5) is 37.1. The molecule has 2 amide bonds. The van der Waals surface area contributed by atoms with Gasteiger partial charge in [-0.25, -0.2) is 0 Å². The Morgan fingerprint density at radius 2 is 1.88 bits per heavy atom. The first-order valence-corrected chi connectivity index (χ1v) is 8.31. The number of nitro benzene ring substituents is 1. The molecule has 2 aliphatic rings. The Balaban J connectivity index is 1.66. The van der Waals surface area contributed by atoms with Gasteiger partial charge < -0.3 is 10.2 Å². The lowest BCUT2D eigenvalue weighted by molar-refractivity contribution is -0.385. The van der Waals surface area contributed by atoms with Gasteiger partial charge in [-0.3, -0.25) is 19.7 Å². The van der Waals surface area contributed by atoms with Crippen LogP contribution in [0.3, 0.4) is 0 Å². The highest BCUT2D eigenvalue weighted by Gasteiger charge is 2.33. The van der Waals surface area contributed by atoms with Crippen LogP contribution in [-0.4, -0.2) is 40.8 Å². The van der Waals surface area contributed by atoms with Crippen LogP contribution in [-0.2, 0) is 4.79 Å². The Morgan fingerprint density at radius 1 is 1.21 bits per heavy atom.